The number of hydrogen-bond acceptors (Lipinski definition) is 2. The third-order valence-electron chi connectivity index (χ3n) is 3.29. The van der Waals surface area contributed by atoms with E-state index in [2.05, 4.69) is 0 Å². The third kappa shape index (κ3) is 3.66. The molecule has 5 heteroatoms. The van der Waals surface area contributed by atoms with Crippen molar-refractivity contribution in [3.63, 3.8) is 0 Å². The first-order valence-corrected chi connectivity index (χ1v) is 6.51. The van der Waals surface area contributed by atoms with Gasteiger partial charge in [0.2, 0.25) is 5.91 Å². The Morgan fingerprint density at radius 2 is 1.95 bits per heavy atom. The molecule has 1 aliphatic rings. The van der Waals surface area contributed by atoms with Gasteiger partial charge in [-0.2, -0.15) is 0 Å². The van der Waals surface area contributed by atoms with Crippen LogP contribution in [0.2, 0.25) is 0 Å². The molecule has 0 fully saturated rings. The van der Waals surface area contributed by atoms with Crippen molar-refractivity contribution < 1.29 is 19.1 Å². The second-order valence-corrected chi connectivity index (χ2v) is 4.76. The zero-order chi connectivity index (χ0) is 14.5. The fourth-order valence-corrected chi connectivity index (χ4v) is 2.14. The number of nitrogens with zero attached hydrogens (tertiary/aromatic N) is 1. The molecule has 1 aromatic carbocycles. The Kier molecular flexibility index (Phi) is 4.50. The van der Waals surface area contributed by atoms with E-state index >= 15 is 0 Å². The van der Waals surface area contributed by atoms with Crippen molar-refractivity contribution in [3.8, 4) is 0 Å². The Bertz CT molecular complexity index is 537. The van der Waals surface area contributed by atoms with Crippen molar-refractivity contribution in [2.75, 3.05) is 13.1 Å². The summed E-state index contributed by atoms with van der Waals surface area (Å²) in [5, 5.41) is 8.79. The SMILES string of the molecule is O=C(O)c1ccc(CCC(=O)N2CCC=C(F)C2)cc1. The Labute approximate surface area is 116 Å². The molecule has 0 unspecified atom stereocenters. The lowest BCUT2D eigenvalue weighted by atomic mass is 10.1. The highest BCUT2D eigenvalue weighted by molar-refractivity contribution is 5.87. The summed E-state index contributed by atoms with van der Waals surface area (Å²) in [4.78, 5) is 24.2. The van der Waals surface area contributed by atoms with Gasteiger partial charge in [0.05, 0.1) is 12.1 Å². The first-order chi connectivity index (χ1) is 9.56. The molecular weight excluding hydrogens is 261 g/mol. The van der Waals surface area contributed by atoms with Gasteiger partial charge in [0.15, 0.2) is 0 Å². The van der Waals surface area contributed by atoms with Gasteiger partial charge in [-0.25, -0.2) is 9.18 Å². The topological polar surface area (TPSA) is 57.6 Å². The summed E-state index contributed by atoms with van der Waals surface area (Å²) in [5.74, 6) is -1.30. The second-order valence-electron chi connectivity index (χ2n) is 4.76. The van der Waals surface area contributed by atoms with Crippen molar-refractivity contribution >= 4 is 11.9 Å². The molecule has 1 N–H and O–H groups in total. The molecule has 1 aliphatic heterocycles. The molecule has 20 heavy (non-hydrogen) atoms. The van der Waals surface area contributed by atoms with Gasteiger partial charge in [0, 0.05) is 13.0 Å². The quantitative estimate of drug-likeness (QED) is 0.919. The molecule has 1 aromatic rings. The lowest BCUT2D eigenvalue weighted by molar-refractivity contribution is -0.131. The highest BCUT2D eigenvalue weighted by Crippen LogP contribution is 2.13. The number of carboxylic acid groups (broad SMARTS) is 1. The van der Waals surface area contributed by atoms with Crippen LogP contribution >= 0.6 is 0 Å². The maximum Gasteiger partial charge on any atom is 0.335 e. The maximum absolute atomic E-state index is 13.1. The molecule has 0 saturated heterocycles. The molecule has 1 amide bonds. The summed E-state index contributed by atoms with van der Waals surface area (Å²) in [7, 11) is 0. The van der Waals surface area contributed by atoms with Gasteiger partial charge in [-0.15, -0.1) is 0 Å². The summed E-state index contributed by atoms with van der Waals surface area (Å²) < 4.78 is 13.1. The predicted octanol–water partition coefficient (Wildman–Crippen LogP) is 2.40. The molecule has 0 radical (unpaired) electrons. The van der Waals surface area contributed by atoms with Crippen LogP contribution in [-0.4, -0.2) is 35.0 Å². The zero-order valence-corrected chi connectivity index (χ0v) is 11.0. The molecule has 0 bridgehead atoms. The van der Waals surface area contributed by atoms with Gasteiger partial charge in [0.25, 0.3) is 0 Å². The molecule has 0 saturated carbocycles. The molecule has 0 aromatic heterocycles. The van der Waals surface area contributed by atoms with Gasteiger partial charge in [-0.05, 0) is 36.6 Å². The Balaban J connectivity index is 1.87. The summed E-state index contributed by atoms with van der Waals surface area (Å²) in [5.41, 5.74) is 1.12. The number of halogens is 1. The number of amides is 1. The molecule has 1 heterocycles. The van der Waals surface area contributed by atoms with Crippen LogP contribution in [0.4, 0.5) is 4.39 Å². The minimum atomic E-state index is -0.969. The van der Waals surface area contributed by atoms with Crippen LogP contribution in [0.15, 0.2) is 36.2 Å². The van der Waals surface area contributed by atoms with Gasteiger partial charge in [0.1, 0.15) is 5.83 Å². The van der Waals surface area contributed by atoms with Crippen molar-refractivity contribution in [2.45, 2.75) is 19.3 Å². The fraction of sp³-hybridized carbons (Fsp3) is 0.333. The van der Waals surface area contributed by atoms with Crippen molar-refractivity contribution in [3.05, 3.63) is 47.3 Å². The van der Waals surface area contributed by atoms with Crippen molar-refractivity contribution in [1.82, 2.24) is 4.90 Å². The largest absolute Gasteiger partial charge is 0.478 e. The number of carboxylic acids is 1. The monoisotopic (exact) mass is 277 g/mol. The van der Waals surface area contributed by atoms with Crippen molar-refractivity contribution in [1.29, 1.82) is 0 Å². The summed E-state index contributed by atoms with van der Waals surface area (Å²) in [6.07, 6.45) is 2.90. The van der Waals surface area contributed by atoms with Crippen LogP contribution in [0.3, 0.4) is 0 Å². The van der Waals surface area contributed by atoms with Gasteiger partial charge < -0.3 is 10.0 Å². The van der Waals surface area contributed by atoms with Crippen molar-refractivity contribution in [2.24, 2.45) is 0 Å². The molecule has 0 atom stereocenters. The van der Waals surface area contributed by atoms with Crippen LogP contribution in [0.5, 0.6) is 0 Å². The second kappa shape index (κ2) is 6.32. The smallest absolute Gasteiger partial charge is 0.335 e. The number of carbonyl (C=O) groups excluding carboxylic acids is 1. The highest BCUT2D eigenvalue weighted by Gasteiger charge is 2.17. The van der Waals surface area contributed by atoms with E-state index in [4.69, 9.17) is 5.11 Å². The lowest BCUT2D eigenvalue weighted by Gasteiger charge is -2.24. The van der Waals surface area contributed by atoms with Gasteiger partial charge in [-0.3, -0.25) is 4.79 Å². The average Bonchev–Trinajstić information content (AvgIpc) is 2.45. The fourth-order valence-electron chi connectivity index (χ4n) is 2.14. The van der Waals surface area contributed by atoms with E-state index in [1.807, 2.05) is 0 Å². The molecule has 0 spiro atoms. The first-order valence-electron chi connectivity index (χ1n) is 6.51. The minimum Gasteiger partial charge on any atom is -0.478 e. The molecular formula is C15H16FNO3. The highest BCUT2D eigenvalue weighted by atomic mass is 19.1. The van der Waals surface area contributed by atoms with Crippen LogP contribution in [0.1, 0.15) is 28.8 Å². The van der Waals surface area contributed by atoms with E-state index < -0.39 is 5.97 Å². The summed E-state index contributed by atoms with van der Waals surface area (Å²) >= 11 is 0. The standard InChI is InChI=1S/C15H16FNO3/c16-13-2-1-9-17(10-13)14(18)8-5-11-3-6-12(7-4-11)15(19)20/h2-4,6-7H,1,5,8-10H2,(H,19,20). The number of aryl methyl sites for hydroxylation is 1. The Morgan fingerprint density at radius 1 is 1.25 bits per heavy atom. The lowest BCUT2D eigenvalue weighted by Crippen LogP contribution is -2.35. The summed E-state index contributed by atoms with van der Waals surface area (Å²) in [6.45, 7) is 0.626. The van der Waals surface area contributed by atoms with E-state index in [1.165, 1.54) is 23.1 Å². The predicted molar refractivity (Wildman–Crippen MR) is 72.1 cm³/mol. The average molecular weight is 277 g/mol. The molecule has 2 rings (SSSR count). The van der Waals surface area contributed by atoms with E-state index in [9.17, 15) is 14.0 Å². The minimum absolute atomic E-state index is 0.0663. The molecule has 106 valence electrons. The van der Waals surface area contributed by atoms with Crippen LogP contribution < -0.4 is 0 Å². The normalized spacial score (nSPS) is 14.8. The van der Waals surface area contributed by atoms with Gasteiger partial charge >= 0.3 is 5.97 Å². The number of rotatable bonds is 4. The van der Waals surface area contributed by atoms with Gasteiger partial charge in [-0.1, -0.05) is 12.1 Å². The third-order valence-corrected chi connectivity index (χ3v) is 3.29. The van der Waals surface area contributed by atoms with E-state index in [0.717, 1.165) is 5.56 Å². The first kappa shape index (κ1) is 14.2. The molecule has 0 aliphatic carbocycles. The number of benzene rings is 1. The Morgan fingerprint density at radius 3 is 2.55 bits per heavy atom. The maximum atomic E-state index is 13.1. The van der Waals surface area contributed by atoms with E-state index in [-0.39, 0.29) is 23.8 Å². The van der Waals surface area contributed by atoms with Crippen LogP contribution in [-0.2, 0) is 11.2 Å². The number of aromatic carboxylic acids is 1. The van der Waals surface area contributed by atoms with Crippen LogP contribution in [0, 0.1) is 0 Å². The summed E-state index contributed by atoms with van der Waals surface area (Å²) in [6, 6.07) is 6.44. The number of hydrogen-bond donors (Lipinski definition) is 1. The van der Waals surface area contributed by atoms with E-state index in [0.29, 0.717) is 25.8 Å². The Hall–Kier alpha value is -2.17. The van der Waals surface area contributed by atoms with E-state index in [1.54, 1.807) is 12.1 Å². The molecule has 4 nitrogen and oxygen atoms in total. The zero-order valence-electron chi connectivity index (χ0n) is 11.0. The van der Waals surface area contributed by atoms with Crippen LogP contribution in [0.25, 0.3) is 0 Å². The number of carbonyl (C=O) groups is 2.